The molecule has 9 N–H and O–H groups in total. The number of ketones is 2. The van der Waals surface area contributed by atoms with Gasteiger partial charge in [-0.3, -0.25) is 33.5 Å². The van der Waals surface area contributed by atoms with Crippen molar-refractivity contribution in [1.29, 1.82) is 0 Å². The van der Waals surface area contributed by atoms with Crippen molar-refractivity contribution >= 4 is 114 Å². The first-order chi connectivity index (χ1) is 26.8. The monoisotopic (exact) mass is 1030 g/mol. The van der Waals surface area contributed by atoms with Gasteiger partial charge in [-0.1, -0.05) is 43.0 Å². The van der Waals surface area contributed by atoms with Gasteiger partial charge in [-0.25, -0.2) is 28.0 Å². The number of thiazole rings is 2. The van der Waals surface area contributed by atoms with Gasteiger partial charge >= 0.3 is 80.8 Å². The van der Waals surface area contributed by atoms with E-state index in [9.17, 15) is 39.0 Å². The summed E-state index contributed by atoms with van der Waals surface area (Å²) in [5.41, 5.74) is 11.5. The standard InChI is InChI=1S/2C15H14N4O5S2.CH4.Cs.H2O4S/c2*1-2-6-4-25-13-7(12(21)19(13)11(6)14(22)23)3-9(20)10(18-24)8-5-26-15(16)17-8;;;1-5(2,3)4/h2*2,5,7,13,24H,1,3-4H2,(H2,16,17)(H,22,23);1H4;;(H2,1,2,3,4)/q;;;+1;/p-1/b2*18-10-;;;. The van der Waals surface area contributed by atoms with Crippen LogP contribution in [0.25, 0.3) is 0 Å². The van der Waals surface area contributed by atoms with Crippen LogP contribution in [0.5, 0.6) is 0 Å². The van der Waals surface area contributed by atoms with Crippen molar-refractivity contribution in [3.63, 3.8) is 0 Å². The number of rotatable bonds is 12. The number of nitrogens with zero attached hydrogens (tertiary/aromatic N) is 6. The molecular formula is C31H33CsN8O14S5. The third-order valence-corrected chi connectivity index (χ3v) is 12.2. The first-order valence-electron chi connectivity index (χ1n) is 15.5. The SMILES string of the molecule is C.C=CC1=C(C(=O)O)N2C(=O)C(CC(=O)/C(=N\O)c3csc(N)n3)C2SC1.C=CC1=C(C(=O)O)N2C(=O)C(CC(=O)/C(=N\O)c3csc(N)n3)C2SC1.O=S(=O)([O-])O.[Cs+]. The van der Waals surface area contributed by atoms with Crippen molar-refractivity contribution in [2.24, 2.45) is 22.1 Å². The molecule has 6 rings (SSSR count). The molecule has 2 amide bonds. The summed E-state index contributed by atoms with van der Waals surface area (Å²) in [6, 6.07) is 0. The Labute approximate surface area is 410 Å². The molecule has 0 aliphatic carbocycles. The molecule has 0 radical (unpaired) electrons. The maximum absolute atomic E-state index is 12.5. The van der Waals surface area contributed by atoms with Crippen LogP contribution in [0.3, 0.4) is 0 Å². The Kier molecular flexibility index (Phi) is 19.2. The molecule has 2 fully saturated rings. The number of carboxylic acids is 2. The van der Waals surface area contributed by atoms with Crippen molar-refractivity contribution < 1.29 is 136 Å². The maximum atomic E-state index is 12.5. The number of carboxylic acid groups (broad SMARTS) is 2. The summed E-state index contributed by atoms with van der Waals surface area (Å²) in [4.78, 5) is 82.9. The number of β-lactam (4-membered cyclic amide) rings is 2. The van der Waals surface area contributed by atoms with E-state index in [0.717, 1.165) is 22.7 Å². The number of hydrogen-bond donors (Lipinski definition) is 7. The Bertz CT molecular complexity index is 2140. The number of carbonyl (C=O) groups excluding carboxylic acids is 4. The first-order valence-corrected chi connectivity index (χ1v) is 20.7. The van der Waals surface area contributed by atoms with Gasteiger partial charge in [0, 0.05) is 35.1 Å². The summed E-state index contributed by atoms with van der Waals surface area (Å²) < 4.78 is 32.8. The number of aromatic nitrogens is 2. The fraction of sp³-hybridized carbons (Fsp3) is 0.290. The zero-order chi connectivity index (χ0) is 42.5. The zero-order valence-electron chi connectivity index (χ0n) is 29.7. The van der Waals surface area contributed by atoms with Crippen molar-refractivity contribution in [3.05, 3.63) is 70.0 Å². The van der Waals surface area contributed by atoms with E-state index >= 15 is 0 Å². The van der Waals surface area contributed by atoms with E-state index in [1.807, 2.05) is 0 Å². The van der Waals surface area contributed by atoms with Gasteiger partial charge < -0.3 is 36.6 Å². The van der Waals surface area contributed by atoms with E-state index in [-0.39, 0.29) is 134 Å². The number of nitrogen functional groups attached to an aromatic ring is 2. The number of fused-ring (bicyclic) bond motifs is 2. The number of amides is 2. The van der Waals surface area contributed by atoms with Crippen LogP contribution in [0.15, 0.2) is 68.9 Å². The molecule has 0 saturated carbocycles. The minimum Gasteiger partial charge on any atom is -0.726 e. The molecule has 0 bridgehead atoms. The molecule has 6 heterocycles. The van der Waals surface area contributed by atoms with Crippen LogP contribution in [0.2, 0.25) is 0 Å². The fourth-order valence-electron chi connectivity index (χ4n) is 5.75. The Morgan fingerprint density at radius 1 is 0.814 bits per heavy atom. The molecule has 0 aromatic carbocycles. The number of oxime groups is 2. The Morgan fingerprint density at radius 2 is 1.14 bits per heavy atom. The number of thioether (sulfide) groups is 2. The summed E-state index contributed by atoms with van der Waals surface area (Å²) >= 11 is 4.91. The first kappa shape index (κ1) is 51.7. The number of aliphatic carboxylic acids is 2. The summed E-state index contributed by atoms with van der Waals surface area (Å²) in [5.74, 6) is -5.08. The van der Waals surface area contributed by atoms with Crippen LogP contribution in [-0.2, 0) is 39.2 Å². The van der Waals surface area contributed by atoms with E-state index in [1.165, 1.54) is 56.2 Å². The molecule has 2 aromatic rings. The predicted octanol–water partition coefficient (Wildman–Crippen LogP) is -1.52. The quantitative estimate of drug-likeness (QED) is 0.0317. The minimum atomic E-state index is -4.92. The second-order valence-electron chi connectivity index (χ2n) is 11.5. The molecule has 312 valence electrons. The van der Waals surface area contributed by atoms with E-state index in [2.05, 4.69) is 33.4 Å². The molecular weight excluding hydrogens is 1000 g/mol. The van der Waals surface area contributed by atoms with Crippen LogP contribution in [0.1, 0.15) is 31.7 Å². The van der Waals surface area contributed by atoms with Crippen LogP contribution in [0.4, 0.5) is 10.3 Å². The van der Waals surface area contributed by atoms with Gasteiger partial charge in [-0.05, 0) is 11.1 Å². The summed E-state index contributed by atoms with van der Waals surface area (Å²) in [7, 11) is -4.92. The second-order valence-corrected chi connectivity index (χ2v) is 16.4. The van der Waals surface area contributed by atoms with Gasteiger partial charge in [0.1, 0.15) is 22.8 Å². The van der Waals surface area contributed by atoms with E-state index in [0.29, 0.717) is 22.7 Å². The average molecular weight is 1030 g/mol. The molecule has 4 aliphatic heterocycles. The zero-order valence-corrected chi connectivity index (χ0v) is 40.0. The van der Waals surface area contributed by atoms with Crippen LogP contribution in [-0.4, -0.2) is 127 Å². The van der Waals surface area contributed by atoms with Crippen molar-refractivity contribution in [2.45, 2.75) is 31.0 Å². The van der Waals surface area contributed by atoms with Gasteiger partial charge in [-0.2, -0.15) is 0 Å². The number of Topliss-reactive ketones (excluding diaryl/α,β-unsaturated/α-hetero) is 2. The summed E-state index contributed by atoms with van der Waals surface area (Å²) in [6.45, 7) is 7.15. The molecule has 22 nitrogen and oxygen atoms in total. The van der Waals surface area contributed by atoms with Gasteiger partial charge in [0.2, 0.25) is 22.2 Å². The van der Waals surface area contributed by atoms with Gasteiger partial charge in [0.15, 0.2) is 33.3 Å². The largest absolute Gasteiger partial charge is 1.00 e. The Morgan fingerprint density at radius 3 is 1.37 bits per heavy atom. The maximum Gasteiger partial charge on any atom is 1.00 e. The van der Waals surface area contributed by atoms with Crippen LogP contribution < -0.4 is 80.4 Å². The Hall–Kier alpha value is -3.40. The van der Waals surface area contributed by atoms with E-state index < -0.39 is 68.3 Å². The molecule has 4 unspecified atom stereocenters. The van der Waals surface area contributed by atoms with Gasteiger partial charge in [0.25, 0.3) is 0 Å². The molecule has 59 heavy (non-hydrogen) atoms. The molecule has 4 atom stereocenters. The molecule has 2 saturated heterocycles. The number of carbonyl (C=O) groups is 6. The summed E-state index contributed by atoms with van der Waals surface area (Å²) in [5, 5.41) is 45.5. The average Bonchev–Trinajstić information content (AvgIpc) is 3.78. The molecule has 0 spiro atoms. The normalized spacial score (nSPS) is 21.0. The smallest absolute Gasteiger partial charge is 0.726 e. The van der Waals surface area contributed by atoms with Crippen molar-refractivity contribution in [2.75, 3.05) is 23.0 Å². The van der Waals surface area contributed by atoms with Crippen molar-refractivity contribution in [3.8, 4) is 0 Å². The topological polar surface area (TPSA) is 370 Å². The Balaban J connectivity index is 0.000000354. The summed E-state index contributed by atoms with van der Waals surface area (Å²) in [6.07, 6.45) is 2.42. The second kappa shape index (κ2) is 21.9. The predicted molar refractivity (Wildman–Crippen MR) is 211 cm³/mol. The minimum absolute atomic E-state index is 0. The van der Waals surface area contributed by atoms with Crippen LogP contribution >= 0.6 is 46.2 Å². The molecule has 28 heteroatoms. The third-order valence-electron chi connectivity index (χ3n) is 8.18. The number of allylic oxidation sites excluding steroid dienone is 2. The van der Waals surface area contributed by atoms with E-state index in [4.69, 9.17) is 39.4 Å². The number of hydrogen-bond acceptors (Lipinski definition) is 21. The number of anilines is 2. The molecule has 4 aliphatic rings. The van der Waals surface area contributed by atoms with Gasteiger partial charge in [0.05, 0.1) is 22.6 Å². The molecule has 2 aromatic heterocycles. The van der Waals surface area contributed by atoms with Crippen LogP contribution in [0, 0.1) is 11.8 Å². The number of nitrogens with two attached hydrogens (primary N) is 2. The van der Waals surface area contributed by atoms with Crippen molar-refractivity contribution in [1.82, 2.24) is 19.8 Å². The fourth-order valence-corrected chi connectivity index (χ4v) is 9.67. The van der Waals surface area contributed by atoms with Gasteiger partial charge in [-0.15, -0.1) is 46.2 Å². The van der Waals surface area contributed by atoms with E-state index in [1.54, 1.807) is 0 Å². The third kappa shape index (κ3) is 11.9.